The molecule has 2 heterocycles. The number of sulfonamides is 1. The van der Waals surface area contributed by atoms with Crippen LogP contribution in [-0.2, 0) is 14.8 Å². The minimum absolute atomic E-state index is 0.112. The number of hydrogen-bond donors (Lipinski definition) is 1. The number of nitrogens with zero attached hydrogens (tertiary/aromatic N) is 2. The average molecular weight is 320 g/mol. The minimum atomic E-state index is -3.58. The zero-order valence-electron chi connectivity index (χ0n) is 11.3. The molecule has 0 bridgehead atoms. The van der Waals surface area contributed by atoms with Crippen LogP contribution in [0.25, 0.3) is 0 Å². The van der Waals surface area contributed by atoms with E-state index in [1.165, 1.54) is 18.3 Å². The Balaban J connectivity index is 1.95. The van der Waals surface area contributed by atoms with Gasteiger partial charge in [-0.2, -0.15) is 0 Å². The van der Waals surface area contributed by atoms with Crippen molar-refractivity contribution in [1.29, 1.82) is 0 Å². The number of halogens is 1. The molecule has 1 fully saturated rings. The first-order valence-electron chi connectivity index (χ1n) is 6.46. The highest BCUT2D eigenvalue weighted by atomic mass is 35.5. The zero-order chi connectivity index (χ0) is 14.6. The van der Waals surface area contributed by atoms with E-state index in [0.29, 0.717) is 6.61 Å². The number of rotatable bonds is 5. The Morgan fingerprint density at radius 3 is 3.10 bits per heavy atom. The summed E-state index contributed by atoms with van der Waals surface area (Å²) in [5.74, 6) is 0. The number of nitrogens with one attached hydrogen (secondary N) is 1. The average Bonchev–Trinajstić information content (AvgIpc) is 2.45. The molecule has 1 aliphatic heterocycles. The normalized spacial score (nSPS) is 21.0. The van der Waals surface area contributed by atoms with E-state index in [0.717, 1.165) is 19.6 Å². The van der Waals surface area contributed by atoms with Crippen LogP contribution in [0.15, 0.2) is 23.2 Å². The molecule has 0 aromatic carbocycles. The second kappa shape index (κ2) is 6.82. The van der Waals surface area contributed by atoms with E-state index in [-0.39, 0.29) is 22.7 Å². The third-order valence-corrected chi connectivity index (χ3v) is 4.81. The standard InChI is InChI=1S/C12H18ClN3O3S/c1-2-16-5-6-19-10(9-16)8-15-20(17,18)11-3-4-14-12(13)7-11/h3-4,7,10,15H,2,5-6,8-9H2,1H3. The van der Waals surface area contributed by atoms with Crippen LogP contribution >= 0.6 is 11.6 Å². The maximum absolute atomic E-state index is 12.1. The molecular formula is C12H18ClN3O3S. The molecule has 0 spiro atoms. The monoisotopic (exact) mass is 319 g/mol. The van der Waals surface area contributed by atoms with Gasteiger partial charge in [0.2, 0.25) is 10.0 Å². The van der Waals surface area contributed by atoms with Crippen LogP contribution in [0.1, 0.15) is 6.92 Å². The molecule has 1 aliphatic rings. The summed E-state index contributed by atoms with van der Waals surface area (Å²) in [4.78, 5) is 6.11. The lowest BCUT2D eigenvalue weighted by molar-refractivity contribution is -0.0229. The number of likely N-dealkylation sites (N-methyl/N-ethyl adjacent to an activating group) is 1. The Hall–Kier alpha value is -0.730. The number of pyridine rings is 1. The van der Waals surface area contributed by atoms with Crippen molar-refractivity contribution in [3.8, 4) is 0 Å². The maximum atomic E-state index is 12.1. The molecule has 1 aromatic rings. The van der Waals surface area contributed by atoms with Crippen molar-refractivity contribution in [3.63, 3.8) is 0 Å². The highest BCUT2D eigenvalue weighted by Gasteiger charge is 2.22. The Kier molecular flexibility index (Phi) is 5.34. The van der Waals surface area contributed by atoms with E-state index in [1.54, 1.807) is 0 Å². The molecule has 0 amide bonds. The van der Waals surface area contributed by atoms with Gasteiger partial charge in [0, 0.05) is 25.8 Å². The zero-order valence-corrected chi connectivity index (χ0v) is 12.8. The van der Waals surface area contributed by atoms with Crippen molar-refractivity contribution < 1.29 is 13.2 Å². The summed E-state index contributed by atoms with van der Waals surface area (Å²) in [6, 6.07) is 2.73. The Bertz CT molecular complexity index is 553. The van der Waals surface area contributed by atoms with E-state index < -0.39 is 10.0 Å². The second-order valence-corrected chi connectivity index (χ2v) is 6.71. The topological polar surface area (TPSA) is 71.5 Å². The second-order valence-electron chi connectivity index (χ2n) is 4.55. The molecule has 20 heavy (non-hydrogen) atoms. The van der Waals surface area contributed by atoms with Gasteiger partial charge in [0.25, 0.3) is 0 Å². The summed E-state index contributed by atoms with van der Waals surface area (Å²) < 4.78 is 32.3. The molecule has 1 atom stereocenters. The SMILES string of the molecule is CCN1CCOC(CNS(=O)(=O)c2ccnc(Cl)c2)C1. The molecular weight excluding hydrogens is 302 g/mol. The molecule has 1 unspecified atom stereocenters. The lowest BCUT2D eigenvalue weighted by Crippen LogP contribution is -2.47. The third kappa shape index (κ3) is 4.13. The Morgan fingerprint density at radius 1 is 1.60 bits per heavy atom. The molecule has 8 heteroatoms. The minimum Gasteiger partial charge on any atom is -0.374 e. The molecule has 0 saturated carbocycles. The van der Waals surface area contributed by atoms with Crippen LogP contribution in [0.2, 0.25) is 5.15 Å². The van der Waals surface area contributed by atoms with Crippen LogP contribution in [-0.4, -0.2) is 57.2 Å². The summed E-state index contributed by atoms with van der Waals surface area (Å²) >= 11 is 5.70. The fourth-order valence-electron chi connectivity index (χ4n) is 2.03. The third-order valence-electron chi connectivity index (χ3n) is 3.18. The summed E-state index contributed by atoms with van der Waals surface area (Å²) in [6.45, 7) is 5.51. The molecule has 2 rings (SSSR count). The number of morpholine rings is 1. The van der Waals surface area contributed by atoms with E-state index in [2.05, 4.69) is 21.5 Å². The molecule has 1 N–H and O–H groups in total. The van der Waals surface area contributed by atoms with E-state index >= 15 is 0 Å². The molecule has 0 aliphatic carbocycles. The molecule has 6 nitrogen and oxygen atoms in total. The van der Waals surface area contributed by atoms with Crippen molar-refractivity contribution in [3.05, 3.63) is 23.5 Å². The van der Waals surface area contributed by atoms with Crippen molar-refractivity contribution in [2.45, 2.75) is 17.9 Å². The van der Waals surface area contributed by atoms with Gasteiger partial charge in [-0.25, -0.2) is 18.1 Å². The predicted octanol–water partition coefficient (Wildman–Crippen LogP) is 0.734. The maximum Gasteiger partial charge on any atom is 0.240 e. The molecule has 112 valence electrons. The highest BCUT2D eigenvalue weighted by molar-refractivity contribution is 7.89. The van der Waals surface area contributed by atoms with Gasteiger partial charge in [-0.05, 0) is 18.7 Å². The summed E-state index contributed by atoms with van der Waals surface area (Å²) in [6.07, 6.45) is 1.24. The van der Waals surface area contributed by atoms with Crippen LogP contribution < -0.4 is 4.72 Å². The lowest BCUT2D eigenvalue weighted by atomic mass is 10.3. The first-order valence-corrected chi connectivity index (χ1v) is 8.32. The van der Waals surface area contributed by atoms with Gasteiger partial charge in [-0.3, -0.25) is 4.90 Å². The quantitative estimate of drug-likeness (QED) is 0.810. The largest absolute Gasteiger partial charge is 0.374 e. The van der Waals surface area contributed by atoms with Gasteiger partial charge in [0.15, 0.2) is 0 Å². The number of hydrogen-bond acceptors (Lipinski definition) is 5. The number of ether oxygens (including phenoxy) is 1. The lowest BCUT2D eigenvalue weighted by Gasteiger charge is -2.32. The van der Waals surface area contributed by atoms with Gasteiger partial charge in [0.05, 0.1) is 17.6 Å². The van der Waals surface area contributed by atoms with Crippen LogP contribution in [0.5, 0.6) is 0 Å². The van der Waals surface area contributed by atoms with Crippen LogP contribution in [0.4, 0.5) is 0 Å². The molecule has 1 saturated heterocycles. The van der Waals surface area contributed by atoms with Crippen molar-refractivity contribution in [2.75, 3.05) is 32.8 Å². The Labute approximate surface area is 124 Å². The fraction of sp³-hybridized carbons (Fsp3) is 0.583. The highest BCUT2D eigenvalue weighted by Crippen LogP contribution is 2.13. The first kappa shape index (κ1) is 15.7. The van der Waals surface area contributed by atoms with Crippen molar-refractivity contribution >= 4 is 21.6 Å². The van der Waals surface area contributed by atoms with Crippen molar-refractivity contribution in [2.24, 2.45) is 0 Å². The van der Waals surface area contributed by atoms with E-state index in [9.17, 15) is 8.42 Å². The predicted molar refractivity (Wildman–Crippen MR) is 76.3 cm³/mol. The van der Waals surface area contributed by atoms with Gasteiger partial charge in [-0.1, -0.05) is 18.5 Å². The van der Waals surface area contributed by atoms with E-state index in [4.69, 9.17) is 16.3 Å². The van der Waals surface area contributed by atoms with Crippen molar-refractivity contribution in [1.82, 2.24) is 14.6 Å². The van der Waals surface area contributed by atoms with Crippen LogP contribution in [0, 0.1) is 0 Å². The van der Waals surface area contributed by atoms with Gasteiger partial charge < -0.3 is 4.74 Å². The number of aromatic nitrogens is 1. The first-order chi connectivity index (χ1) is 9.51. The fourth-order valence-corrected chi connectivity index (χ4v) is 3.35. The Morgan fingerprint density at radius 2 is 2.40 bits per heavy atom. The summed E-state index contributed by atoms with van der Waals surface area (Å²) in [5, 5.41) is 0.152. The molecule has 0 radical (unpaired) electrons. The van der Waals surface area contributed by atoms with E-state index in [1.807, 2.05) is 0 Å². The van der Waals surface area contributed by atoms with Gasteiger partial charge in [-0.15, -0.1) is 0 Å². The van der Waals surface area contributed by atoms with Crippen LogP contribution in [0.3, 0.4) is 0 Å². The summed E-state index contributed by atoms with van der Waals surface area (Å²) in [5.41, 5.74) is 0. The summed E-state index contributed by atoms with van der Waals surface area (Å²) in [7, 11) is -3.58. The van der Waals surface area contributed by atoms with Gasteiger partial charge in [0.1, 0.15) is 5.15 Å². The smallest absolute Gasteiger partial charge is 0.240 e. The van der Waals surface area contributed by atoms with Gasteiger partial charge >= 0.3 is 0 Å². The molecule has 1 aromatic heterocycles.